The fraction of sp³-hybridized carbons (Fsp3) is 0.348. The first-order valence-electron chi connectivity index (χ1n) is 10.2. The summed E-state index contributed by atoms with van der Waals surface area (Å²) in [7, 11) is 0. The highest BCUT2D eigenvalue weighted by Gasteiger charge is 2.32. The van der Waals surface area contributed by atoms with Gasteiger partial charge < -0.3 is 19.9 Å². The van der Waals surface area contributed by atoms with Crippen LogP contribution in [0.3, 0.4) is 0 Å². The first-order chi connectivity index (χ1) is 15.6. The minimum Gasteiger partial charge on any atom is -0.481 e. The van der Waals surface area contributed by atoms with Crippen LogP contribution in [-0.2, 0) is 25.5 Å². The van der Waals surface area contributed by atoms with Crippen molar-refractivity contribution in [3.8, 4) is 16.9 Å². The molecule has 0 saturated carbocycles. The third kappa shape index (κ3) is 9.22. The maximum absolute atomic E-state index is 12.7. The zero-order valence-corrected chi connectivity index (χ0v) is 17.9. The Labute approximate surface area is 188 Å². The number of para-hydroxylation sites is 1. The van der Waals surface area contributed by atoms with Crippen molar-refractivity contribution in [3.05, 3.63) is 54.1 Å². The summed E-state index contributed by atoms with van der Waals surface area (Å²) in [5, 5.41) is 11.4. The van der Waals surface area contributed by atoms with E-state index in [2.05, 4.69) is 10.1 Å². The van der Waals surface area contributed by atoms with Gasteiger partial charge in [-0.05, 0) is 30.5 Å². The summed E-state index contributed by atoms with van der Waals surface area (Å²) < 4.78 is 47.1. The van der Waals surface area contributed by atoms with E-state index in [-0.39, 0.29) is 43.6 Å². The maximum Gasteiger partial charge on any atom is 0.573 e. The van der Waals surface area contributed by atoms with E-state index in [1.165, 1.54) is 18.2 Å². The number of ether oxygens (including phenoxy) is 2. The monoisotopic (exact) mass is 467 g/mol. The van der Waals surface area contributed by atoms with Crippen molar-refractivity contribution in [2.24, 2.45) is 0 Å². The van der Waals surface area contributed by atoms with E-state index in [4.69, 9.17) is 9.84 Å². The number of aliphatic carboxylic acids is 1. The van der Waals surface area contributed by atoms with E-state index >= 15 is 0 Å². The number of benzene rings is 2. The number of hydrogen-bond donors (Lipinski definition) is 2. The van der Waals surface area contributed by atoms with Crippen molar-refractivity contribution in [1.82, 2.24) is 5.32 Å². The molecule has 0 aliphatic heterocycles. The van der Waals surface area contributed by atoms with Gasteiger partial charge in [0.15, 0.2) is 0 Å². The van der Waals surface area contributed by atoms with Crippen molar-refractivity contribution in [1.29, 1.82) is 0 Å². The standard InChI is InChI=1S/C23H24F3NO6/c1-2-32-22(31)14-17(27-20(28)11-12-21(29)30)13-15-7-9-16(10-8-15)18-5-3-4-6-19(18)33-23(24,25)26/h3-10,17H,2,11-14H2,1H3,(H,27,28)(H,29,30)/t17-/m1/s1. The van der Waals surface area contributed by atoms with Crippen LogP contribution in [-0.4, -0.2) is 42.0 Å². The minimum absolute atomic E-state index is 0.114. The number of carboxylic acids is 1. The minimum atomic E-state index is -4.82. The molecular formula is C23H24F3NO6. The van der Waals surface area contributed by atoms with E-state index in [0.29, 0.717) is 11.1 Å². The molecule has 0 radical (unpaired) electrons. The van der Waals surface area contributed by atoms with E-state index in [1.54, 1.807) is 37.3 Å². The molecule has 0 spiro atoms. The zero-order valence-electron chi connectivity index (χ0n) is 17.9. The van der Waals surface area contributed by atoms with Crippen molar-refractivity contribution in [3.63, 3.8) is 0 Å². The lowest BCUT2D eigenvalue weighted by Gasteiger charge is -2.18. The first kappa shape index (κ1) is 25.7. The predicted octanol–water partition coefficient (Wildman–Crippen LogP) is 4.10. The second kappa shape index (κ2) is 11.9. The molecule has 1 atom stereocenters. The van der Waals surface area contributed by atoms with Gasteiger partial charge in [0.1, 0.15) is 5.75 Å². The lowest BCUT2D eigenvalue weighted by atomic mass is 9.98. The highest BCUT2D eigenvalue weighted by Crippen LogP contribution is 2.33. The van der Waals surface area contributed by atoms with Crippen LogP contribution in [0.4, 0.5) is 13.2 Å². The topological polar surface area (TPSA) is 102 Å². The van der Waals surface area contributed by atoms with Gasteiger partial charge >= 0.3 is 18.3 Å². The number of alkyl halides is 3. The van der Waals surface area contributed by atoms with Crippen LogP contribution in [0.15, 0.2) is 48.5 Å². The summed E-state index contributed by atoms with van der Waals surface area (Å²) in [4.78, 5) is 34.6. The Kier molecular flexibility index (Phi) is 9.26. The molecule has 33 heavy (non-hydrogen) atoms. The molecule has 2 aromatic rings. The van der Waals surface area contributed by atoms with Crippen molar-refractivity contribution in [2.45, 2.75) is 45.0 Å². The average Bonchev–Trinajstić information content (AvgIpc) is 2.72. The zero-order chi connectivity index (χ0) is 24.4. The lowest BCUT2D eigenvalue weighted by molar-refractivity contribution is -0.274. The highest BCUT2D eigenvalue weighted by molar-refractivity contribution is 5.81. The Bertz CT molecular complexity index is 959. The summed E-state index contributed by atoms with van der Waals surface area (Å²) in [5.41, 5.74) is 1.46. The quantitative estimate of drug-likeness (QED) is 0.483. The molecule has 0 saturated heterocycles. The average molecular weight is 467 g/mol. The van der Waals surface area contributed by atoms with Crippen LogP contribution in [0.2, 0.25) is 0 Å². The molecule has 10 heteroatoms. The number of amides is 1. The molecular weight excluding hydrogens is 443 g/mol. The highest BCUT2D eigenvalue weighted by atomic mass is 19.4. The van der Waals surface area contributed by atoms with Crippen molar-refractivity contribution < 1.29 is 42.1 Å². The van der Waals surface area contributed by atoms with Crippen LogP contribution >= 0.6 is 0 Å². The Balaban J connectivity index is 2.15. The fourth-order valence-electron chi connectivity index (χ4n) is 3.14. The van der Waals surface area contributed by atoms with Gasteiger partial charge in [0.2, 0.25) is 5.91 Å². The Hall–Kier alpha value is -3.56. The predicted molar refractivity (Wildman–Crippen MR) is 112 cm³/mol. The van der Waals surface area contributed by atoms with Crippen LogP contribution in [0.5, 0.6) is 5.75 Å². The number of carboxylic acid groups (broad SMARTS) is 1. The van der Waals surface area contributed by atoms with E-state index < -0.39 is 30.2 Å². The molecule has 0 fully saturated rings. The molecule has 7 nitrogen and oxygen atoms in total. The van der Waals surface area contributed by atoms with Gasteiger partial charge in [-0.25, -0.2) is 0 Å². The summed E-state index contributed by atoms with van der Waals surface area (Å²) >= 11 is 0. The molecule has 0 bridgehead atoms. The van der Waals surface area contributed by atoms with Gasteiger partial charge in [-0.3, -0.25) is 14.4 Å². The van der Waals surface area contributed by atoms with Crippen molar-refractivity contribution in [2.75, 3.05) is 6.61 Å². The summed E-state index contributed by atoms with van der Waals surface area (Å²) in [6.45, 7) is 1.82. The summed E-state index contributed by atoms with van der Waals surface area (Å²) in [6, 6.07) is 11.7. The molecule has 0 aliphatic rings. The third-order valence-electron chi connectivity index (χ3n) is 4.51. The normalized spacial score (nSPS) is 12.0. The number of carbonyl (C=O) groups is 3. The lowest BCUT2D eigenvalue weighted by Crippen LogP contribution is -2.38. The van der Waals surface area contributed by atoms with Crippen LogP contribution in [0.1, 0.15) is 31.7 Å². The fourth-order valence-corrected chi connectivity index (χ4v) is 3.14. The van der Waals surface area contributed by atoms with Gasteiger partial charge in [-0.2, -0.15) is 0 Å². The number of rotatable bonds is 11. The van der Waals surface area contributed by atoms with Gasteiger partial charge in [0.05, 0.1) is 19.4 Å². The number of hydrogen-bond acceptors (Lipinski definition) is 5. The second-order valence-corrected chi connectivity index (χ2v) is 7.11. The molecule has 0 aromatic heterocycles. The molecule has 178 valence electrons. The van der Waals surface area contributed by atoms with Gasteiger partial charge in [0.25, 0.3) is 0 Å². The molecule has 2 N–H and O–H groups in total. The SMILES string of the molecule is CCOC(=O)C[C@@H](Cc1ccc(-c2ccccc2OC(F)(F)F)cc1)NC(=O)CCC(=O)O. The maximum atomic E-state index is 12.7. The third-order valence-corrected chi connectivity index (χ3v) is 4.51. The second-order valence-electron chi connectivity index (χ2n) is 7.11. The Morgan fingerprint density at radius 2 is 1.70 bits per heavy atom. The van der Waals surface area contributed by atoms with E-state index in [9.17, 15) is 27.6 Å². The molecule has 0 aliphatic carbocycles. The molecule has 1 amide bonds. The molecule has 2 rings (SSSR count). The van der Waals surface area contributed by atoms with Gasteiger partial charge in [-0.1, -0.05) is 42.5 Å². The summed E-state index contributed by atoms with van der Waals surface area (Å²) in [5.74, 6) is -2.47. The van der Waals surface area contributed by atoms with Crippen molar-refractivity contribution >= 4 is 17.8 Å². The number of carbonyl (C=O) groups excluding carboxylic acids is 2. The summed E-state index contributed by atoms with van der Waals surface area (Å²) in [6.07, 6.45) is -5.28. The van der Waals surface area contributed by atoms with E-state index in [0.717, 1.165) is 0 Å². The number of nitrogens with one attached hydrogen (secondary N) is 1. The van der Waals surface area contributed by atoms with Crippen LogP contribution < -0.4 is 10.1 Å². The van der Waals surface area contributed by atoms with Crippen LogP contribution in [0.25, 0.3) is 11.1 Å². The van der Waals surface area contributed by atoms with Gasteiger partial charge in [0, 0.05) is 18.0 Å². The Morgan fingerprint density at radius 3 is 2.30 bits per heavy atom. The first-order valence-corrected chi connectivity index (χ1v) is 10.2. The largest absolute Gasteiger partial charge is 0.573 e. The molecule has 2 aromatic carbocycles. The van der Waals surface area contributed by atoms with Crippen LogP contribution in [0, 0.1) is 0 Å². The Morgan fingerprint density at radius 1 is 1.03 bits per heavy atom. The van der Waals surface area contributed by atoms with Gasteiger partial charge in [-0.15, -0.1) is 13.2 Å². The number of esters is 1. The smallest absolute Gasteiger partial charge is 0.481 e. The molecule has 0 unspecified atom stereocenters. The van der Waals surface area contributed by atoms with E-state index in [1.807, 2.05) is 0 Å². The molecule has 0 heterocycles. The number of halogens is 3.